The molecule has 2 atom stereocenters. The minimum absolute atomic E-state index is 0.293. The standard InChI is InChI=1S/C11H25NOS/c1-6-14-7-10(4)12-8-11(5,13)9(2)3/h9-10,12-13H,6-8H2,1-5H3. The van der Waals surface area contributed by atoms with Crippen molar-refractivity contribution in [3.8, 4) is 0 Å². The Labute approximate surface area is 92.9 Å². The lowest BCUT2D eigenvalue weighted by molar-refractivity contribution is 0.0128. The maximum Gasteiger partial charge on any atom is 0.0766 e. The minimum Gasteiger partial charge on any atom is -0.389 e. The van der Waals surface area contributed by atoms with Crippen LogP contribution in [-0.4, -0.2) is 34.8 Å². The van der Waals surface area contributed by atoms with Crippen LogP contribution in [-0.2, 0) is 0 Å². The fourth-order valence-corrected chi connectivity index (χ4v) is 1.65. The van der Waals surface area contributed by atoms with Gasteiger partial charge in [0.2, 0.25) is 0 Å². The molecular weight excluding hydrogens is 194 g/mol. The van der Waals surface area contributed by atoms with Gasteiger partial charge in [-0.05, 0) is 25.5 Å². The van der Waals surface area contributed by atoms with Crippen molar-refractivity contribution < 1.29 is 5.11 Å². The quantitative estimate of drug-likeness (QED) is 0.688. The number of nitrogens with one attached hydrogen (secondary N) is 1. The smallest absolute Gasteiger partial charge is 0.0766 e. The average molecular weight is 219 g/mol. The van der Waals surface area contributed by atoms with Crippen LogP contribution in [0.1, 0.15) is 34.6 Å². The summed E-state index contributed by atoms with van der Waals surface area (Å²) in [7, 11) is 0. The van der Waals surface area contributed by atoms with Crippen LogP contribution < -0.4 is 5.32 Å². The van der Waals surface area contributed by atoms with Gasteiger partial charge in [0.05, 0.1) is 5.60 Å². The summed E-state index contributed by atoms with van der Waals surface area (Å²) >= 11 is 1.93. The molecule has 0 heterocycles. The molecule has 0 spiro atoms. The van der Waals surface area contributed by atoms with Crippen LogP contribution in [0.4, 0.5) is 0 Å². The first-order valence-electron chi connectivity index (χ1n) is 5.43. The molecule has 0 aromatic heterocycles. The zero-order valence-corrected chi connectivity index (χ0v) is 10.9. The van der Waals surface area contributed by atoms with Gasteiger partial charge in [0.25, 0.3) is 0 Å². The van der Waals surface area contributed by atoms with E-state index in [1.165, 1.54) is 0 Å². The summed E-state index contributed by atoms with van der Waals surface area (Å²) in [5.41, 5.74) is -0.592. The predicted molar refractivity (Wildman–Crippen MR) is 65.9 cm³/mol. The van der Waals surface area contributed by atoms with E-state index in [4.69, 9.17) is 0 Å². The van der Waals surface area contributed by atoms with Crippen molar-refractivity contribution >= 4 is 11.8 Å². The topological polar surface area (TPSA) is 32.3 Å². The lowest BCUT2D eigenvalue weighted by Gasteiger charge is -2.29. The molecule has 0 bridgehead atoms. The lowest BCUT2D eigenvalue weighted by atomic mass is 9.92. The first-order chi connectivity index (χ1) is 6.40. The summed E-state index contributed by atoms with van der Waals surface area (Å²) in [6.07, 6.45) is 0. The van der Waals surface area contributed by atoms with Gasteiger partial charge in [-0.15, -0.1) is 0 Å². The van der Waals surface area contributed by atoms with E-state index >= 15 is 0 Å². The molecule has 0 rings (SSSR count). The highest BCUT2D eigenvalue weighted by molar-refractivity contribution is 7.99. The molecule has 0 aromatic carbocycles. The molecule has 2 nitrogen and oxygen atoms in total. The van der Waals surface area contributed by atoms with E-state index in [1.54, 1.807) is 0 Å². The van der Waals surface area contributed by atoms with Gasteiger partial charge in [0.1, 0.15) is 0 Å². The van der Waals surface area contributed by atoms with Crippen molar-refractivity contribution in [2.75, 3.05) is 18.1 Å². The minimum atomic E-state index is -0.592. The summed E-state index contributed by atoms with van der Waals surface area (Å²) in [5.74, 6) is 2.57. The largest absolute Gasteiger partial charge is 0.389 e. The number of hydrogen-bond acceptors (Lipinski definition) is 3. The summed E-state index contributed by atoms with van der Waals surface area (Å²) in [4.78, 5) is 0. The zero-order valence-electron chi connectivity index (χ0n) is 10.1. The molecular formula is C11H25NOS. The average Bonchev–Trinajstić information content (AvgIpc) is 2.11. The first kappa shape index (κ1) is 14.3. The molecule has 3 heteroatoms. The Bertz CT molecular complexity index is 148. The zero-order chi connectivity index (χ0) is 11.2. The first-order valence-corrected chi connectivity index (χ1v) is 6.59. The number of hydrogen-bond donors (Lipinski definition) is 2. The second kappa shape index (κ2) is 6.70. The lowest BCUT2D eigenvalue weighted by Crippen LogP contribution is -2.45. The third kappa shape index (κ3) is 5.89. The van der Waals surface area contributed by atoms with Gasteiger partial charge >= 0.3 is 0 Å². The highest BCUT2D eigenvalue weighted by Gasteiger charge is 2.24. The summed E-state index contributed by atoms with van der Waals surface area (Å²) in [6, 6.07) is 0.477. The number of rotatable bonds is 7. The summed E-state index contributed by atoms with van der Waals surface area (Å²) < 4.78 is 0. The van der Waals surface area contributed by atoms with Gasteiger partial charge in [0.15, 0.2) is 0 Å². The van der Waals surface area contributed by atoms with Crippen molar-refractivity contribution in [1.29, 1.82) is 0 Å². The van der Waals surface area contributed by atoms with Gasteiger partial charge < -0.3 is 10.4 Å². The monoisotopic (exact) mass is 219 g/mol. The Morgan fingerprint density at radius 1 is 1.36 bits per heavy atom. The van der Waals surface area contributed by atoms with E-state index in [1.807, 2.05) is 32.5 Å². The van der Waals surface area contributed by atoms with Crippen LogP contribution in [0, 0.1) is 5.92 Å². The highest BCUT2D eigenvalue weighted by Crippen LogP contribution is 2.15. The Balaban J connectivity index is 3.70. The maximum absolute atomic E-state index is 10.00. The molecule has 0 aliphatic heterocycles. The Morgan fingerprint density at radius 3 is 2.36 bits per heavy atom. The summed E-state index contributed by atoms with van der Waals surface area (Å²) in [6.45, 7) is 11.0. The normalized spacial score (nSPS) is 18.2. The van der Waals surface area contributed by atoms with Gasteiger partial charge in [-0.1, -0.05) is 20.8 Å². The van der Waals surface area contributed by atoms with E-state index in [9.17, 15) is 5.11 Å². The molecule has 2 N–H and O–H groups in total. The van der Waals surface area contributed by atoms with Crippen LogP contribution in [0.3, 0.4) is 0 Å². The molecule has 0 aliphatic rings. The Kier molecular flexibility index (Phi) is 6.83. The van der Waals surface area contributed by atoms with Crippen LogP contribution in [0.2, 0.25) is 0 Å². The Hall–Kier alpha value is 0.270. The number of aliphatic hydroxyl groups is 1. The van der Waals surface area contributed by atoms with Gasteiger partial charge in [0, 0.05) is 18.3 Å². The molecule has 0 fully saturated rings. The third-order valence-electron chi connectivity index (χ3n) is 2.62. The molecule has 0 aliphatic carbocycles. The van der Waals surface area contributed by atoms with Crippen LogP contribution in [0.25, 0.3) is 0 Å². The van der Waals surface area contributed by atoms with Crippen molar-refractivity contribution in [1.82, 2.24) is 5.32 Å². The SMILES string of the molecule is CCSCC(C)NCC(C)(O)C(C)C. The van der Waals surface area contributed by atoms with Crippen molar-refractivity contribution in [2.45, 2.75) is 46.3 Å². The molecule has 2 unspecified atom stereocenters. The third-order valence-corrected chi connectivity index (χ3v) is 3.77. The van der Waals surface area contributed by atoms with E-state index in [2.05, 4.69) is 19.2 Å². The van der Waals surface area contributed by atoms with Crippen molar-refractivity contribution in [3.63, 3.8) is 0 Å². The fraction of sp³-hybridized carbons (Fsp3) is 1.00. The molecule has 0 saturated carbocycles. The van der Waals surface area contributed by atoms with Gasteiger partial charge in [-0.3, -0.25) is 0 Å². The van der Waals surface area contributed by atoms with E-state index in [0.717, 1.165) is 11.5 Å². The maximum atomic E-state index is 10.00. The summed E-state index contributed by atoms with van der Waals surface area (Å²) in [5, 5.41) is 13.4. The molecule has 0 saturated heterocycles. The van der Waals surface area contributed by atoms with E-state index in [-0.39, 0.29) is 0 Å². The van der Waals surface area contributed by atoms with Crippen LogP contribution >= 0.6 is 11.8 Å². The predicted octanol–water partition coefficient (Wildman–Crippen LogP) is 2.12. The van der Waals surface area contributed by atoms with Gasteiger partial charge in [-0.25, -0.2) is 0 Å². The second-order valence-corrected chi connectivity index (χ2v) is 5.77. The van der Waals surface area contributed by atoms with E-state index in [0.29, 0.717) is 18.5 Å². The fourth-order valence-electron chi connectivity index (χ4n) is 0.939. The van der Waals surface area contributed by atoms with Crippen LogP contribution in [0.5, 0.6) is 0 Å². The second-order valence-electron chi connectivity index (χ2n) is 4.45. The highest BCUT2D eigenvalue weighted by atomic mass is 32.2. The molecule has 14 heavy (non-hydrogen) atoms. The van der Waals surface area contributed by atoms with Crippen molar-refractivity contribution in [3.05, 3.63) is 0 Å². The van der Waals surface area contributed by atoms with Crippen molar-refractivity contribution in [2.24, 2.45) is 5.92 Å². The van der Waals surface area contributed by atoms with Gasteiger partial charge in [-0.2, -0.15) is 11.8 Å². The van der Waals surface area contributed by atoms with Crippen LogP contribution in [0.15, 0.2) is 0 Å². The molecule has 0 aromatic rings. The molecule has 0 amide bonds. The molecule has 0 radical (unpaired) electrons. The van der Waals surface area contributed by atoms with E-state index < -0.39 is 5.60 Å². The Morgan fingerprint density at radius 2 is 1.93 bits per heavy atom. The number of thioether (sulfide) groups is 1. The molecule has 86 valence electrons.